The van der Waals surface area contributed by atoms with Crippen LogP contribution in [-0.2, 0) is 0 Å². The second-order valence-electron chi connectivity index (χ2n) is 5.68. The van der Waals surface area contributed by atoms with E-state index < -0.39 is 0 Å². The van der Waals surface area contributed by atoms with Crippen LogP contribution in [0.25, 0.3) is 0 Å². The number of fused-ring (bicyclic) bond motifs is 1. The third-order valence-corrected chi connectivity index (χ3v) is 5.30. The van der Waals surface area contributed by atoms with Gasteiger partial charge >= 0.3 is 0 Å². The van der Waals surface area contributed by atoms with Gasteiger partial charge in [-0.3, -0.25) is 0 Å². The molecule has 0 amide bonds. The Kier molecular flexibility index (Phi) is 3.73. The normalized spacial score (nSPS) is 30.4. The minimum atomic E-state index is 0.489. The zero-order valence-corrected chi connectivity index (χ0v) is 12.6. The van der Waals surface area contributed by atoms with Gasteiger partial charge in [-0.2, -0.15) is 0 Å². The van der Waals surface area contributed by atoms with Gasteiger partial charge in [-0.25, -0.2) is 0 Å². The molecule has 0 aromatic heterocycles. The van der Waals surface area contributed by atoms with E-state index in [1.54, 1.807) is 0 Å². The molecule has 0 aliphatic heterocycles. The Morgan fingerprint density at radius 3 is 2.47 bits per heavy atom. The summed E-state index contributed by atoms with van der Waals surface area (Å²) in [5.41, 5.74) is 3.03. The Balaban J connectivity index is 1.94. The Bertz CT molecular complexity index is 542. The van der Waals surface area contributed by atoms with E-state index in [1.165, 1.54) is 24.0 Å². The van der Waals surface area contributed by atoms with Gasteiger partial charge < -0.3 is 0 Å². The first kappa shape index (κ1) is 13.3. The van der Waals surface area contributed by atoms with Crippen molar-refractivity contribution < 1.29 is 0 Å². The van der Waals surface area contributed by atoms with Crippen LogP contribution in [0.2, 0.25) is 0 Å². The fourth-order valence-corrected chi connectivity index (χ4v) is 3.83. The monoisotopic (exact) mass is 292 g/mol. The van der Waals surface area contributed by atoms with E-state index in [1.807, 2.05) is 0 Å². The highest BCUT2D eigenvalue weighted by molar-refractivity contribution is 6.44. The zero-order valence-electron chi connectivity index (χ0n) is 11.1. The van der Waals surface area contributed by atoms with E-state index in [4.69, 9.17) is 23.2 Å². The summed E-state index contributed by atoms with van der Waals surface area (Å²) in [5.74, 6) is 1.75. The Hall–Kier alpha value is -0.720. The summed E-state index contributed by atoms with van der Waals surface area (Å²) in [7, 11) is 0. The molecule has 1 unspecified atom stereocenters. The van der Waals surface area contributed by atoms with Crippen molar-refractivity contribution in [3.63, 3.8) is 0 Å². The van der Waals surface area contributed by atoms with E-state index in [0.29, 0.717) is 27.8 Å². The predicted octanol–water partition coefficient (Wildman–Crippen LogP) is 5.93. The average Bonchev–Trinajstić information content (AvgIpc) is 2.43. The molecule has 0 N–H and O–H groups in total. The molecule has 2 heteroatoms. The standard InChI is InChI=1S/C17H18Cl2/c1-11-6-8-14(15-5-3-2-4-13(11)15)12-7-9-16(18)17(19)10-12/h2-5,9-12,14H,6-8H2,1H3/t11-,12?,14-/m0/s1. The maximum atomic E-state index is 6.20. The van der Waals surface area contributed by atoms with E-state index in [-0.39, 0.29) is 0 Å². The molecule has 1 aromatic carbocycles. The summed E-state index contributed by atoms with van der Waals surface area (Å²) in [6.07, 6.45) is 7.73. The fraction of sp³-hybridized carbons (Fsp3) is 0.412. The minimum absolute atomic E-state index is 0.489. The van der Waals surface area contributed by atoms with E-state index in [0.717, 1.165) is 6.42 Å². The van der Waals surface area contributed by atoms with Gasteiger partial charge in [-0.15, -0.1) is 0 Å². The molecule has 0 saturated heterocycles. The number of hydrogen-bond donors (Lipinski definition) is 0. The molecule has 0 saturated carbocycles. The maximum absolute atomic E-state index is 6.20. The molecule has 2 aliphatic rings. The van der Waals surface area contributed by atoms with Crippen LogP contribution >= 0.6 is 23.2 Å². The first-order chi connectivity index (χ1) is 9.16. The number of hydrogen-bond acceptors (Lipinski definition) is 0. The van der Waals surface area contributed by atoms with Gasteiger partial charge in [0.15, 0.2) is 0 Å². The van der Waals surface area contributed by atoms with Crippen LogP contribution in [0, 0.1) is 5.92 Å². The predicted molar refractivity (Wildman–Crippen MR) is 82.8 cm³/mol. The van der Waals surface area contributed by atoms with Crippen molar-refractivity contribution in [1.82, 2.24) is 0 Å². The first-order valence-electron chi connectivity index (χ1n) is 6.99. The summed E-state index contributed by atoms with van der Waals surface area (Å²) >= 11 is 12.3. The lowest BCUT2D eigenvalue weighted by atomic mass is 9.71. The lowest BCUT2D eigenvalue weighted by Crippen LogP contribution is -2.20. The van der Waals surface area contributed by atoms with E-state index in [2.05, 4.69) is 43.3 Å². The van der Waals surface area contributed by atoms with Gasteiger partial charge in [0.25, 0.3) is 0 Å². The van der Waals surface area contributed by atoms with Crippen molar-refractivity contribution in [3.05, 3.63) is 57.6 Å². The topological polar surface area (TPSA) is 0 Å². The van der Waals surface area contributed by atoms with Crippen molar-refractivity contribution in [2.75, 3.05) is 0 Å². The molecule has 100 valence electrons. The van der Waals surface area contributed by atoms with Crippen LogP contribution in [0.3, 0.4) is 0 Å². The molecule has 0 radical (unpaired) electrons. The summed E-state index contributed by atoms with van der Waals surface area (Å²) in [6, 6.07) is 8.87. The van der Waals surface area contributed by atoms with Crippen molar-refractivity contribution in [1.29, 1.82) is 0 Å². The molecular formula is C17H18Cl2. The molecule has 2 aliphatic carbocycles. The summed E-state index contributed by atoms with van der Waals surface area (Å²) in [5, 5.41) is 1.42. The van der Waals surface area contributed by atoms with Crippen LogP contribution in [0.4, 0.5) is 0 Å². The minimum Gasteiger partial charge on any atom is -0.0831 e. The second-order valence-corrected chi connectivity index (χ2v) is 6.49. The van der Waals surface area contributed by atoms with Gasteiger partial charge in [0, 0.05) is 0 Å². The largest absolute Gasteiger partial charge is 0.0831 e. The molecule has 0 heterocycles. The highest BCUT2D eigenvalue weighted by atomic mass is 35.5. The van der Waals surface area contributed by atoms with Crippen LogP contribution < -0.4 is 0 Å². The van der Waals surface area contributed by atoms with Gasteiger partial charge in [-0.05, 0) is 48.1 Å². The lowest BCUT2D eigenvalue weighted by molar-refractivity contribution is 0.416. The zero-order chi connectivity index (χ0) is 13.4. The quantitative estimate of drug-likeness (QED) is 0.601. The number of benzene rings is 1. The molecule has 0 fully saturated rings. The Morgan fingerprint density at radius 1 is 1.00 bits per heavy atom. The average molecular weight is 293 g/mol. The SMILES string of the molecule is C[C@H]1CC[C@@H](C2C=C(Cl)C(Cl)=CC2)c2ccccc21. The van der Waals surface area contributed by atoms with E-state index >= 15 is 0 Å². The van der Waals surface area contributed by atoms with Gasteiger partial charge in [0.2, 0.25) is 0 Å². The molecule has 3 rings (SSSR count). The molecule has 0 spiro atoms. The Morgan fingerprint density at radius 2 is 1.74 bits per heavy atom. The van der Waals surface area contributed by atoms with Gasteiger partial charge in [0.1, 0.15) is 0 Å². The third kappa shape index (κ3) is 2.49. The highest BCUT2D eigenvalue weighted by Gasteiger charge is 2.30. The fourth-order valence-electron chi connectivity index (χ4n) is 3.44. The molecule has 1 aromatic rings. The highest BCUT2D eigenvalue weighted by Crippen LogP contribution is 2.45. The molecule has 3 atom stereocenters. The number of allylic oxidation sites excluding steroid dienone is 4. The number of halogens is 2. The van der Waals surface area contributed by atoms with Crippen LogP contribution in [0.15, 0.2) is 46.5 Å². The molecular weight excluding hydrogens is 275 g/mol. The van der Waals surface area contributed by atoms with Gasteiger partial charge in [-0.1, -0.05) is 66.5 Å². The summed E-state index contributed by atoms with van der Waals surface area (Å²) < 4.78 is 0. The van der Waals surface area contributed by atoms with Crippen LogP contribution in [0.1, 0.15) is 49.1 Å². The summed E-state index contributed by atoms with van der Waals surface area (Å²) in [4.78, 5) is 0. The first-order valence-corrected chi connectivity index (χ1v) is 7.74. The molecule has 19 heavy (non-hydrogen) atoms. The van der Waals surface area contributed by atoms with Gasteiger partial charge in [0.05, 0.1) is 10.1 Å². The molecule has 0 nitrogen and oxygen atoms in total. The van der Waals surface area contributed by atoms with Crippen molar-refractivity contribution >= 4 is 23.2 Å². The number of rotatable bonds is 1. The van der Waals surface area contributed by atoms with Crippen molar-refractivity contribution in [2.45, 2.75) is 38.0 Å². The molecule has 0 bridgehead atoms. The third-order valence-electron chi connectivity index (χ3n) is 4.51. The second kappa shape index (κ2) is 5.34. The summed E-state index contributed by atoms with van der Waals surface area (Å²) in [6.45, 7) is 2.33. The van der Waals surface area contributed by atoms with Crippen LogP contribution in [-0.4, -0.2) is 0 Å². The maximum Gasteiger partial charge on any atom is 0.0552 e. The smallest absolute Gasteiger partial charge is 0.0552 e. The van der Waals surface area contributed by atoms with Crippen molar-refractivity contribution in [2.24, 2.45) is 5.92 Å². The van der Waals surface area contributed by atoms with Crippen LogP contribution in [0.5, 0.6) is 0 Å². The van der Waals surface area contributed by atoms with E-state index in [9.17, 15) is 0 Å². The Labute approximate surface area is 125 Å². The van der Waals surface area contributed by atoms with Crippen molar-refractivity contribution in [3.8, 4) is 0 Å². The lowest BCUT2D eigenvalue weighted by Gasteiger charge is -2.34.